The van der Waals surface area contributed by atoms with Gasteiger partial charge < -0.3 is 15.7 Å². The fourth-order valence-electron chi connectivity index (χ4n) is 3.18. The second kappa shape index (κ2) is 5.76. The zero-order valence-corrected chi connectivity index (χ0v) is 11.9. The quantitative estimate of drug-likeness (QED) is 0.732. The number of phenolic OH excluding ortho intramolecular Hbond substituents is 1. The van der Waals surface area contributed by atoms with E-state index in [2.05, 4.69) is 10.6 Å². The van der Waals surface area contributed by atoms with Crippen LogP contribution in [0.3, 0.4) is 0 Å². The zero-order valence-electron chi connectivity index (χ0n) is 11.9. The molecule has 2 amide bonds. The van der Waals surface area contributed by atoms with Gasteiger partial charge in [-0.2, -0.15) is 0 Å². The lowest BCUT2D eigenvalue weighted by Crippen LogP contribution is -2.26. The van der Waals surface area contributed by atoms with E-state index < -0.39 is 0 Å². The Morgan fingerprint density at radius 3 is 2.71 bits per heavy atom. The van der Waals surface area contributed by atoms with Crippen LogP contribution in [0.5, 0.6) is 5.75 Å². The van der Waals surface area contributed by atoms with Crippen molar-refractivity contribution in [2.45, 2.75) is 44.9 Å². The molecule has 0 saturated heterocycles. The lowest BCUT2D eigenvalue weighted by molar-refractivity contribution is -0.120. The van der Waals surface area contributed by atoms with E-state index in [4.69, 9.17) is 0 Å². The molecule has 1 fully saturated rings. The minimum Gasteiger partial charge on any atom is -0.508 e. The molecule has 1 aromatic rings. The van der Waals surface area contributed by atoms with Gasteiger partial charge in [0.15, 0.2) is 0 Å². The van der Waals surface area contributed by atoms with Crippen LogP contribution < -0.4 is 10.6 Å². The Labute approximate surface area is 123 Å². The van der Waals surface area contributed by atoms with Crippen LogP contribution in [0.1, 0.15) is 44.1 Å². The molecule has 112 valence electrons. The maximum absolute atomic E-state index is 12.3. The fraction of sp³-hybridized carbons (Fsp3) is 0.500. The van der Waals surface area contributed by atoms with Gasteiger partial charge in [0.25, 0.3) is 0 Å². The van der Waals surface area contributed by atoms with Crippen LogP contribution in [0.2, 0.25) is 0 Å². The average molecular weight is 288 g/mol. The van der Waals surface area contributed by atoms with Gasteiger partial charge in [-0.1, -0.05) is 19.3 Å². The maximum Gasteiger partial charge on any atom is 0.227 e. The molecular weight excluding hydrogens is 268 g/mol. The van der Waals surface area contributed by atoms with Crippen molar-refractivity contribution in [2.24, 2.45) is 5.92 Å². The van der Waals surface area contributed by atoms with Gasteiger partial charge in [-0.15, -0.1) is 0 Å². The summed E-state index contributed by atoms with van der Waals surface area (Å²) in [5, 5.41) is 15.6. The minimum atomic E-state index is -0.0822. The van der Waals surface area contributed by atoms with E-state index in [9.17, 15) is 14.7 Å². The number of hydrogen-bond donors (Lipinski definition) is 3. The highest BCUT2D eigenvalue weighted by molar-refractivity contribution is 6.03. The number of carbonyl (C=O) groups excluding carboxylic acids is 2. The summed E-state index contributed by atoms with van der Waals surface area (Å²) in [4.78, 5) is 23.9. The first kappa shape index (κ1) is 13.9. The number of amides is 2. The van der Waals surface area contributed by atoms with Crippen molar-refractivity contribution in [3.8, 4) is 5.75 Å². The number of fused-ring (bicyclic) bond motifs is 1. The molecule has 5 nitrogen and oxygen atoms in total. The highest BCUT2D eigenvalue weighted by Crippen LogP contribution is 2.37. The van der Waals surface area contributed by atoms with Gasteiger partial charge in [0.05, 0.1) is 11.4 Å². The molecule has 0 radical (unpaired) electrons. The Morgan fingerprint density at radius 1 is 1.19 bits per heavy atom. The van der Waals surface area contributed by atoms with Crippen LogP contribution in [0.15, 0.2) is 12.1 Å². The van der Waals surface area contributed by atoms with Crippen molar-refractivity contribution >= 4 is 23.2 Å². The van der Waals surface area contributed by atoms with Gasteiger partial charge in [0, 0.05) is 17.9 Å². The van der Waals surface area contributed by atoms with Crippen LogP contribution in [-0.2, 0) is 16.0 Å². The molecule has 0 spiro atoms. The lowest BCUT2D eigenvalue weighted by atomic mass is 9.88. The van der Waals surface area contributed by atoms with Crippen molar-refractivity contribution in [1.29, 1.82) is 0 Å². The molecule has 2 aliphatic rings. The molecule has 3 rings (SSSR count). The van der Waals surface area contributed by atoms with Gasteiger partial charge in [-0.05, 0) is 31.4 Å². The average Bonchev–Trinajstić information content (AvgIpc) is 2.51. The summed E-state index contributed by atoms with van der Waals surface area (Å²) in [6.45, 7) is 0. The Bertz CT molecular complexity index is 577. The molecular formula is C16H20N2O3. The molecule has 1 aliphatic carbocycles. The van der Waals surface area contributed by atoms with Gasteiger partial charge >= 0.3 is 0 Å². The van der Waals surface area contributed by atoms with Gasteiger partial charge in [-0.25, -0.2) is 0 Å². The van der Waals surface area contributed by atoms with Crippen LogP contribution >= 0.6 is 0 Å². The third kappa shape index (κ3) is 2.86. The van der Waals surface area contributed by atoms with Crippen LogP contribution in [-0.4, -0.2) is 16.9 Å². The van der Waals surface area contributed by atoms with Crippen molar-refractivity contribution in [1.82, 2.24) is 0 Å². The molecule has 1 aromatic carbocycles. The molecule has 0 aromatic heterocycles. The predicted octanol–water partition coefficient (Wildman–Crippen LogP) is 2.80. The third-order valence-electron chi connectivity index (χ3n) is 4.39. The molecule has 1 saturated carbocycles. The number of nitrogens with one attached hydrogen (secondary N) is 2. The van der Waals surface area contributed by atoms with Crippen molar-refractivity contribution in [3.05, 3.63) is 17.7 Å². The topological polar surface area (TPSA) is 78.4 Å². The first-order chi connectivity index (χ1) is 10.1. The Morgan fingerprint density at radius 2 is 1.95 bits per heavy atom. The normalized spacial score (nSPS) is 18.8. The van der Waals surface area contributed by atoms with Gasteiger partial charge in [0.1, 0.15) is 5.75 Å². The van der Waals surface area contributed by atoms with E-state index in [1.165, 1.54) is 6.42 Å². The number of phenols is 1. The predicted molar refractivity (Wildman–Crippen MR) is 80.3 cm³/mol. The molecule has 1 heterocycles. The molecule has 3 N–H and O–H groups in total. The Balaban J connectivity index is 1.82. The summed E-state index contributed by atoms with van der Waals surface area (Å²) in [6, 6.07) is 3.23. The second-order valence-corrected chi connectivity index (χ2v) is 5.86. The first-order valence-corrected chi connectivity index (χ1v) is 7.60. The maximum atomic E-state index is 12.3. The van der Waals surface area contributed by atoms with Gasteiger partial charge in [-0.3, -0.25) is 9.59 Å². The molecule has 1 aliphatic heterocycles. The molecule has 0 unspecified atom stereocenters. The highest BCUT2D eigenvalue weighted by Gasteiger charge is 2.25. The second-order valence-electron chi connectivity index (χ2n) is 5.86. The molecule has 5 heteroatoms. The van der Waals surface area contributed by atoms with Crippen LogP contribution in [0.4, 0.5) is 11.4 Å². The van der Waals surface area contributed by atoms with Crippen molar-refractivity contribution in [3.63, 3.8) is 0 Å². The van der Waals surface area contributed by atoms with Gasteiger partial charge in [0.2, 0.25) is 11.8 Å². The SMILES string of the molecule is O=C1CCc2c(O)ccc(NC(=O)C3CCCCC3)c2N1. The highest BCUT2D eigenvalue weighted by atomic mass is 16.3. The van der Waals surface area contributed by atoms with E-state index in [0.29, 0.717) is 29.8 Å². The van der Waals surface area contributed by atoms with Crippen LogP contribution in [0, 0.1) is 5.92 Å². The van der Waals surface area contributed by atoms with Crippen molar-refractivity contribution in [2.75, 3.05) is 10.6 Å². The van der Waals surface area contributed by atoms with E-state index >= 15 is 0 Å². The summed E-state index contributed by atoms with van der Waals surface area (Å²) >= 11 is 0. The third-order valence-corrected chi connectivity index (χ3v) is 4.39. The molecule has 0 bridgehead atoms. The number of aromatic hydroxyl groups is 1. The zero-order chi connectivity index (χ0) is 14.8. The summed E-state index contributed by atoms with van der Waals surface area (Å²) in [7, 11) is 0. The number of benzene rings is 1. The summed E-state index contributed by atoms with van der Waals surface area (Å²) in [5.41, 5.74) is 1.85. The summed E-state index contributed by atoms with van der Waals surface area (Å²) < 4.78 is 0. The van der Waals surface area contributed by atoms with E-state index in [-0.39, 0.29) is 23.5 Å². The smallest absolute Gasteiger partial charge is 0.227 e. The number of carbonyl (C=O) groups is 2. The van der Waals surface area contributed by atoms with E-state index in [1.807, 2.05) is 0 Å². The van der Waals surface area contributed by atoms with Crippen molar-refractivity contribution < 1.29 is 14.7 Å². The molecule has 0 atom stereocenters. The lowest BCUT2D eigenvalue weighted by Gasteiger charge is -2.24. The number of hydrogen-bond acceptors (Lipinski definition) is 3. The Kier molecular flexibility index (Phi) is 3.82. The van der Waals surface area contributed by atoms with E-state index in [1.54, 1.807) is 12.1 Å². The number of anilines is 2. The minimum absolute atomic E-state index is 0.0161. The Hall–Kier alpha value is -2.04. The molecule has 21 heavy (non-hydrogen) atoms. The van der Waals surface area contributed by atoms with E-state index in [0.717, 1.165) is 25.7 Å². The fourth-order valence-corrected chi connectivity index (χ4v) is 3.18. The number of rotatable bonds is 2. The summed E-state index contributed by atoms with van der Waals surface area (Å²) in [5.74, 6) is 0.159. The monoisotopic (exact) mass is 288 g/mol. The standard InChI is InChI=1S/C16H20N2O3/c19-13-8-7-12(15-11(13)6-9-14(20)18-15)17-16(21)10-4-2-1-3-5-10/h7-8,10,19H,1-6,9H2,(H,17,21)(H,18,20). The van der Waals surface area contributed by atoms with Crippen LogP contribution in [0.25, 0.3) is 0 Å². The largest absolute Gasteiger partial charge is 0.508 e. The first-order valence-electron chi connectivity index (χ1n) is 7.60. The summed E-state index contributed by atoms with van der Waals surface area (Å²) in [6.07, 6.45) is 6.12.